The van der Waals surface area contributed by atoms with E-state index >= 15 is 0 Å². The van der Waals surface area contributed by atoms with Gasteiger partial charge in [-0.3, -0.25) is 0 Å². The highest BCUT2D eigenvalue weighted by Crippen LogP contribution is 2.25. The van der Waals surface area contributed by atoms with Crippen molar-refractivity contribution < 1.29 is 9.53 Å². The van der Waals surface area contributed by atoms with E-state index in [9.17, 15) is 4.79 Å². The molecule has 1 aromatic rings. The second-order valence-electron chi connectivity index (χ2n) is 3.89. The van der Waals surface area contributed by atoms with Crippen molar-refractivity contribution in [1.82, 2.24) is 5.32 Å². The Morgan fingerprint density at radius 2 is 2.12 bits per heavy atom. The molecule has 0 aromatic heterocycles. The van der Waals surface area contributed by atoms with Gasteiger partial charge in [-0.25, -0.2) is 0 Å². The Bertz CT molecular complexity index is 361. The Labute approximate surface area is 96.8 Å². The molecule has 0 unspecified atom stereocenters. The van der Waals surface area contributed by atoms with E-state index in [2.05, 4.69) is 24.4 Å². The third-order valence-corrected chi connectivity index (χ3v) is 2.50. The van der Waals surface area contributed by atoms with Crippen LogP contribution >= 0.6 is 0 Å². The third kappa shape index (κ3) is 3.35. The van der Waals surface area contributed by atoms with Crippen molar-refractivity contribution >= 4 is 6.29 Å². The molecule has 0 saturated heterocycles. The third-order valence-electron chi connectivity index (χ3n) is 2.50. The van der Waals surface area contributed by atoms with E-state index in [0.717, 1.165) is 30.6 Å². The molecule has 1 N–H and O–H groups in total. The molecular formula is C13H19NO2. The molecule has 0 amide bonds. The minimum atomic E-state index is 0.410. The van der Waals surface area contributed by atoms with Gasteiger partial charge in [0.15, 0.2) is 0 Å². The SMILES string of the molecule is COc1c(C)cc(C)cc1CCNCC=O. The summed E-state index contributed by atoms with van der Waals surface area (Å²) in [6, 6.07) is 4.25. The van der Waals surface area contributed by atoms with Crippen molar-refractivity contribution in [3.63, 3.8) is 0 Å². The minimum absolute atomic E-state index is 0.410. The van der Waals surface area contributed by atoms with E-state index in [1.165, 1.54) is 11.1 Å². The number of hydrogen-bond donors (Lipinski definition) is 1. The first-order valence-electron chi connectivity index (χ1n) is 5.47. The van der Waals surface area contributed by atoms with Crippen molar-refractivity contribution in [2.45, 2.75) is 20.3 Å². The first-order chi connectivity index (χ1) is 7.69. The Morgan fingerprint density at radius 1 is 1.38 bits per heavy atom. The van der Waals surface area contributed by atoms with Gasteiger partial charge in [0.05, 0.1) is 13.7 Å². The zero-order valence-electron chi connectivity index (χ0n) is 10.2. The maximum atomic E-state index is 10.2. The summed E-state index contributed by atoms with van der Waals surface area (Å²) in [6.45, 7) is 5.33. The van der Waals surface area contributed by atoms with Crippen LogP contribution in [0.4, 0.5) is 0 Å². The lowest BCUT2D eigenvalue weighted by Gasteiger charge is -2.12. The van der Waals surface area contributed by atoms with Gasteiger partial charge in [0.25, 0.3) is 0 Å². The summed E-state index contributed by atoms with van der Waals surface area (Å²) in [4.78, 5) is 10.2. The van der Waals surface area contributed by atoms with Crippen LogP contribution in [0.25, 0.3) is 0 Å². The molecule has 0 heterocycles. The summed E-state index contributed by atoms with van der Waals surface area (Å²) in [6.07, 6.45) is 1.75. The number of ether oxygens (including phenoxy) is 1. The number of carbonyl (C=O) groups excluding carboxylic acids is 1. The van der Waals surface area contributed by atoms with E-state index in [0.29, 0.717) is 6.54 Å². The first kappa shape index (κ1) is 12.7. The van der Waals surface area contributed by atoms with Gasteiger partial charge in [0.2, 0.25) is 0 Å². The Hall–Kier alpha value is -1.35. The lowest BCUT2D eigenvalue weighted by Crippen LogP contribution is -2.19. The molecule has 0 saturated carbocycles. The molecule has 16 heavy (non-hydrogen) atoms. The number of rotatable bonds is 6. The lowest BCUT2D eigenvalue weighted by atomic mass is 10.0. The van der Waals surface area contributed by atoms with Gasteiger partial charge in [-0.1, -0.05) is 17.7 Å². The number of benzene rings is 1. The molecule has 3 heteroatoms. The molecule has 0 atom stereocenters. The maximum absolute atomic E-state index is 10.2. The molecule has 0 spiro atoms. The number of nitrogens with one attached hydrogen (secondary N) is 1. The van der Waals surface area contributed by atoms with Crippen LogP contribution in [0.5, 0.6) is 5.75 Å². The van der Waals surface area contributed by atoms with Gasteiger partial charge in [-0.05, 0) is 37.9 Å². The monoisotopic (exact) mass is 221 g/mol. The molecule has 0 aliphatic rings. The van der Waals surface area contributed by atoms with Crippen LogP contribution in [-0.2, 0) is 11.2 Å². The van der Waals surface area contributed by atoms with Gasteiger partial charge in [0.1, 0.15) is 12.0 Å². The number of aryl methyl sites for hydroxylation is 2. The van der Waals surface area contributed by atoms with E-state index in [1.807, 2.05) is 6.92 Å². The zero-order valence-corrected chi connectivity index (χ0v) is 10.2. The Kier molecular flexibility index (Phi) is 4.99. The summed E-state index contributed by atoms with van der Waals surface area (Å²) >= 11 is 0. The van der Waals surface area contributed by atoms with Gasteiger partial charge in [-0.2, -0.15) is 0 Å². The fraction of sp³-hybridized carbons (Fsp3) is 0.462. The normalized spacial score (nSPS) is 10.2. The maximum Gasteiger partial charge on any atom is 0.133 e. The average Bonchev–Trinajstić information content (AvgIpc) is 2.24. The molecule has 3 nitrogen and oxygen atoms in total. The largest absolute Gasteiger partial charge is 0.496 e. The van der Waals surface area contributed by atoms with Gasteiger partial charge in [-0.15, -0.1) is 0 Å². The van der Waals surface area contributed by atoms with E-state index in [-0.39, 0.29) is 0 Å². The quantitative estimate of drug-likeness (QED) is 0.586. The van der Waals surface area contributed by atoms with Crippen molar-refractivity contribution in [3.8, 4) is 5.75 Å². The molecule has 1 aromatic carbocycles. The summed E-state index contributed by atoms with van der Waals surface area (Å²) in [7, 11) is 1.69. The fourth-order valence-electron chi connectivity index (χ4n) is 1.90. The van der Waals surface area contributed by atoms with E-state index in [4.69, 9.17) is 4.74 Å². The highest BCUT2D eigenvalue weighted by Gasteiger charge is 2.06. The zero-order chi connectivity index (χ0) is 12.0. The van der Waals surface area contributed by atoms with Crippen LogP contribution in [0.2, 0.25) is 0 Å². The van der Waals surface area contributed by atoms with Crippen molar-refractivity contribution in [2.24, 2.45) is 0 Å². The van der Waals surface area contributed by atoms with Crippen LogP contribution < -0.4 is 10.1 Å². The predicted molar refractivity (Wildman–Crippen MR) is 65.1 cm³/mol. The summed E-state index contributed by atoms with van der Waals surface area (Å²) in [5.74, 6) is 0.957. The standard InChI is InChI=1S/C13H19NO2/c1-10-8-11(2)13(16-3)12(9-10)4-5-14-6-7-15/h7-9,14H,4-6H2,1-3H3. The first-order valence-corrected chi connectivity index (χ1v) is 5.47. The van der Waals surface area contributed by atoms with Crippen LogP contribution in [0.1, 0.15) is 16.7 Å². The van der Waals surface area contributed by atoms with E-state index in [1.54, 1.807) is 7.11 Å². The fourth-order valence-corrected chi connectivity index (χ4v) is 1.90. The van der Waals surface area contributed by atoms with Crippen molar-refractivity contribution in [1.29, 1.82) is 0 Å². The average molecular weight is 221 g/mol. The molecule has 0 fully saturated rings. The predicted octanol–water partition coefficient (Wildman–Crippen LogP) is 1.64. The van der Waals surface area contributed by atoms with Gasteiger partial charge in [0, 0.05) is 0 Å². The Morgan fingerprint density at radius 3 is 2.75 bits per heavy atom. The number of methoxy groups -OCH3 is 1. The molecule has 0 radical (unpaired) electrons. The van der Waals surface area contributed by atoms with Gasteiger partial charge >= 0.3 is 0 Å². The minimum Gasteiger partial charge on any atom is -0.496 e. The van der Waals surface area contributed by atoms with Crippen molar-refractivity contribution in [2.75, 3.05) is 20.2 Å². The molecule has 88 valence electrons. The van der Waals surface area contributed by atoms with Crippen LogP contribution in [0.15, 0.2) is 12.1 Å². The topological polar surface area (TPSA) is 38.3 Å². The summed E-state index contributed by atoms with van der Waals surface area (Å²) in [5, 5.41) is 3.05. The van der Waals surface area contributed by atoms with Crippen molar-refractivity contribution in [3.05, 3.63) is 28.8 Å². The van der Waals surface area contributed by atoms with Gasteiger partial charge < -0.3 is 14.8 Å². The molecular weight excluding hydrogens is 202 g/mol. The number of carbonyl (C=O) groups is 1. The summed E-state index contributed by atoms with van der Waals surface area (Å²) < 4.78 is 5.39. The van der Waals surface area contributed by atoms with E-state index < -0.39 is 0 Å². The molecule has 0 aliphatic heterocycles. The smallest absolute Gasteiger partial charge is 0.133 e. The summed E-state index contributed by atoms with van der Waals surface area (Å²) in [5.41, 5.74) is 3.59. The van der Waals surface area contributed by atoms with Crippen LogP contribution in [-0.4, -0.2) is 26.5 Å². The molecule has 0 aliphatic carbocycles. The highest BCUT2D eigenvalue weighted by molar-refractivity contribution is 5.51. The number of aldehydes is 1. The Balaban J connectivity index is 2.73. The number of hydrogen-bond acceptors (Lipinski definition) is 3. The second kappa shape index (κ2) is 6.28. The van der Waals surface area contributed by atoms with Crippen LogP contribution in [0.3, 0.4) is 0 Å². The van der Waals surface area contributed by atoms with Crippen LogP contribution in [0, 0.1) is 13.8 Å². The second-order valence-corrected chi connectivity index (χ2v) is 3.89. The lowest BCUT2D eigenvalue weighted by molar-refractivity contribution is -0.107. The molecule has 1 rings (SSSR count). The molecule has 0 bridgehead atoms. The highest BCUT2D eigenvalue weighted by atomic mass is 16.5.